The largest absolute Gasteiger partial charge is 0.423 e. The zero-order valence-electron chi connectivity index (χ0n) is 10.7. The Bertz CT molecular complexity index is 633. The molecule has 0 unspecified atom stereocenters. The van der Waals surface area contributed by atoms with E-state index in [0.29, 0.717) is 10.7 Å². The van der Waals surface area contributed by atoms with Crippen LogP contribution in [0.1, 0.15) is 11.1 Å². The fourth-order valence-corrected chi connectivity index (χ4v) is 1.70. The van der Waals surface area contributed by atoms with Crippen molar-refractivity contribution in [2.75, 3.05) is 0 Å². The summed E-state index contributed by atoms with van der Waals surface area (Å²) >= 11 is 4.85. The molecule has 0 amide bonds. The minimum atomic E-state index is -0.433. The van der Waals surface area contributed by atoms with Crippen LogP contribution >= 0.6 is 12.2 Å². The molecule has 0 spiro atoms. The number of carbonyl (C=O) groups is 1. The summed E-state index contributed by atoms with van der Waals surface area (Å²) in [6.45, 7) is 0. The third-order valence-corrected chi connectivity index (χ3v) is 2.80. The van der Waals surface area contributed by atoms with Crippen LogP contribution in [0.5, 0.6) is 5.75 Å². The van der Waals surface area contributed by atoms with Crippen LogP contribution in [0.25, 0.3) is 6.08 Å². The summed E-state index contributed by atoms with van der Waals surface area (Å²) in [7, 11) is 0. The second kappa shape index (κ2) is 6.63. The number of hydrogen-bond acceptors (Lipinski definition) is 3. The standard InChI is InChI=1S/C16H13NO2S/c17-16(20)13-7-9-14(10-8-13)19-15(18)11-6-12-4-2-1-3-5-12/h1-11H,(H2,17,20)/b11-6+. The van der Waals surface area contributed by atoms with Gasteiger partial charge in [0.05, 0.1) is 0 Å². The molecule has 0 bridgehead atoms. The maximum atomic E-state index is 11.6. The summed E-state index contributed by atoms with van der Waals surface area (Å²) in [5, 5.41) is 0. The molecule has 0 aliphatic rings. The van der Waals surface area contributed by atoms with Gasteiger partial charge in [-0.25, -0.2) is 4.79 Å². The number of carbonyl (C=O) groups excluding carboxylic acids is 1. The molecule has 0 saturated carbocycles. The molecular formula is C16H13NO2S. The molecule has 0 fully saturated rings. The van der Waals surface area contributed by atoms with Crippen molar-refractivity contribution in [2.24, 2.45) is 5.73 Å². The highest BCUT2D eigenvalue weighted by Gasteiger charge is 2.01. The van der Waals surface area contributed by atoms with Crippen LogP contribution in [0.4, 0.5) is 0 Å². The van der Waals surface area contributed by atoms with Crippen LogP contribution in [0.3, 0.4) is 0 Å². The molecule has 0 atom stereocenters. The van der Waals surface area contributed by atoms with Gasteiger partial charge in [0.1, 0.15) is 10.7 Å². The van der Waals surface area contributed by atoms with Gasteiger partial charge < -0.3 is 10.5 Å². The molecule has 20 heavy (non-hydrogen) atoms. The number of hydrogen-bond donors (Lipinski definition) is 1. The van der Waals surface area contributed by atoms with E-state index in [4.69, 9.17) is 22.7 Å². The van der Waals surface area contributed by atoms with Crippen LogP contribution in [0, 0.1) is 0 Å². The Hall–Kier alpha value is -2.46. The Labute approximate surface area is 122 Å². The number of thiocarbonyl (C=S) groups is 1. The molecule has 0 saturated heterocycles. The predicted molar refractivity (Wildman–Crippen MR) is 83.4 cm³/mol. The number of rotatable bonds is 4. The molecule has 0 heterocycles. The second-order valence-electron chi connectivity index (χ2n) is 4.05. The lowest BCUT2D eigenvalue weighted by Crippen LogP contribution is -2.09. The van der Waals surface area contributed by atoms with Crippen molar-refractivity contribution in [3.05, 3.63) is 71.8 Å². The lowest BCUT2D eigenvalue weighted by molar-refractivity contribution is -0.128. The lowest BCUT2D eigenvalue weighted by Gasteiger charge is -2.02. The van der Waals surface area contributed by atoms with E-state index in [9.17, 15) is 4.79 Å². The van der Waals surface area contributed by atoms with E-state index in [1.54, 1.807) is 30.3 Å². The Morgan fingerprint density at radius 1 is 1.05 bits per heavy atom. The lowest BCUT2D eigenvalue weighted by atomic mass is 10.2. The van der Waals surface area contributed by atoms with Gasteiger partial charge in [0.25, 0.3) is 0 Å². The van der Waals surface area contributed by atoms with E-state index in [0.717, 1.165) is 11.1 Å². The highest BCUT2D eigenvalue weighted by atomic mass is 32.1. The highest BCUT2D eigenvalue weighted by molar-refractivity contribution is 7.80. The normalized spacial score (nSPS) is 10.4. The molecule has 4 heteroatoms. The van der Waals surface area contributed by atoms with Crippen molar-refractivity contribution in [3.63, 3.8) is 0 Å². The number of nitrogens with two attached hydrogens (primary N) is 1. The molecule has 2 aromatic carbocycles. The summed E-state index contributed by atoms with van der Waals surface area (Å²) in [5.74, 6) is 0.0182. The molecule has 3 nitrogen and oxygen atoms in total. The molecule has 100 valence electrons. The van der Waals surface area contributed by atoms with Crippen LogP contribution in [0.2, 0.25) is 0 Å². The third-order valence-electron chi connectivity index (χ3n) is 2.57. The van der Waals surface area contributed by atoms with Crippen molar-refractivity contribution in [1.29, 1.82) is 0 Å². The first-order valence-electron chi connectivity index (χ1n) is 6.00. The first-order chi connectivity index (χ1) is 9.65. The molecule has 2 rings (SSSR count). The Morgan fingerprint density at radius 2 is 1.70 bits per heavy atom. The van der Waals surface area contributed by atoms with Gasteiger partial charge in [-0.15, -0.1) is 0 Å². The fraction of sp³-hybridized carbons (Fsp3) is 0. The topological polar surface area (TPSA) is 52.3 Å². The minimum absolute atomic E-state index is 0.312. The predicted octanol–water partition coefficient (Wildman–Crippen LogP) is 2.94. The maximum Gasteiger partial charge on any atom is 0.336 e. The average molecular weight is 283 g/mol. The summed E-state index contributed by atoms with van der Waals surface area (Å²) in [6, 6.07) is 16.3. The van der Waals surface area contributed by atoms with Crippen molar-refractivity contribution < 1.29 is 9.53 Å². The maximum absolute atomic E-state index is 11.6. The number of benzene rings is 2. The van der Waals surface area contributed by atoms with Crippen molar-refractivity contribution in [3.8, 4) is 5.75 Å². The summed E-state index contributed by atoms with van der Waals surface area (Å²) in [6.07, 6.45) is 3.09. The zero-order valence-corrected chi connectivity index (χ0v) is 11.5. The molecule has 0 aliphatic carbocycles. The van der Waals surface area contributed by atoms with Gasteiger partial charge in [0.15, 0.2) is 0 Å². The van der Waals surface area contributed by atoms with E-state index < -0.39 is 5.97 Å². The molecule has 0 radical (unpaired) electrons. The molecule has 2 N–H and O–H groups in total. The van der Waals surface area contributed by atoms with E-state index >= 15 is 0 Å². The van der Waals surface area contributed by atoms with Gasteiger partial charge in [-0.05, 0) is 35.9 Å². The minimum Gasteiger partial charge on any atom is -0.423 e. The fourth-order valence-electron chi connectivity index (χ4n) is 1.57. The van der Waals surface area contributed by atoms with Gasteiger partial charge in [0, 0.05) is 11.6 Å². The second-order valence-corrected chi connectivity index (χ2v) is 4.49. The van der Waals surface area contributed by atoms with Crippen LogP contribution in [0.15, 0.2) is 60.7 Å². The first-order valence-corrected chi connectivity index (χ1v) is 6.41. The van der Waals surface area contributed by atoms with E-state index in [2.05, 4.69) is 0 Å². The van der Waals surface area contributed by atoms with Crippen LogP contribution in [-0.2, 0) is 4.79 Å². The molecule has 0 aromatic heterocycles. The Balaban J connectivity index is 1.98. The monoisotopic (exact) mass is 283 g/mol. The van der Waals surface area contributed by atoms with E-state index in [1.807, 2.05) is 30.3 Å². The Kier molecular flexibility index (Phi) is 4.63. The van der Waals surface area contributed by atoms with Gasteiger partial charge in [0.2, 0.25) is 0 Å². The van der Waals surface area contributed by atoms with Crippen molar-refractivity contribution >= 4 is 29.3 Å². The summed E-state index contributed by atoms with van der Waals surface area (Å²) in [5.41, 5.74) is 7.16. The van der Waals surface area contributed by atoms with Crippen LogP contribution < -0.4 is 10.5 Å². The number of esters is 1. The summed E-state index contributed by atoms with van der Waals surface area (Å²) < 4.78 is 5.16. The molecule has 2 aromatic rings. The van der Waals surface area contributed by atoms with Crippen molar-refractivity contribution in [2.45, 2.75) is 0 Å². The third kappa shape index (κ3) is 4.03. The first kappa shape index (κ1) is 14.0. The van der Waals surface area contributed by atoms with Gasteiger partial charge in [-0.1, -0.05) is 42.5 Å². The highest BCUT2D eigenvalue weighted by Crippen LogP contribution is 2.12. The van der Waals surface area contributed by atoms with Gasteiger partial charge in [-0.2, -0.15) is 0 Å². The summed E-state index contributed by atoms with van der Waals surface area (Å²) in [4.78, 5) is 12.0. The molecule has 0 aliphatic heterocycles. The SMILES string of the molecule is NC(=S)c1ccc(OC(=O)/C=C/c2ccccc2)cc1. The quantitative estimate of drug-likeness (QED) is 0.406. The Morgan fingerprint density at radius 3 is 2.30 bits per heavy atom. The average Bonchev–Trinajstić information content (AvgIpc) is 2.47. The van der Waals surface area contributed by atoms with E-state index in [-0.39, 0.29) is 0 Å². The number of ether oxygens (including phenoxy) is 1. The zero-order chi connectivity index (χ0) is 14.4. The van der Waals surface area contributed by atoms with Crippen molar-refractivity contribution in [1.82, 2.24) is 0 Å². The smallest absolute Gasteiger partial charge is 0.336 e. The van der Waals surface area contributed by atoms with Gasteiger partial charge in [-0.3, -0.25) is 0 Å². The van der Waals surface area contributed by atoms with E-state index in [1.165, 1.54) is 6.08 Å². The van der Waals surface area contributed by atoms with Gasteiger partial charge >= 0.3 is 5.97 Å². The van der Waals surface area contributed by atoms with Crippen LogP contribution in [-0.4, -0.2) is 11.0 Å². The molecular weight excluding hydrogens is 270 g/mol.